The fraction of sp³-hybridized carbons (Fsp3) is 0.381. The van der Waals surface area contributed by atoms with E-state index in [0.717, 1.165) is 5.56 Å². The molecule has 0 saturated carbocycles. The highest BCUT2D eigenvalue weighted by atomic mass is 16.5. The number of carbonyl (C=O) groups excluding carboxylic acids is 1. The summed E-state index contributed by atoms with van der Waals surface area (Å²) in [6.45, 7) is 6.02. The first-order valence-electron chi connectivity index (χ1n) is 9.46. The number of rotatable bonds is 5. The largest absolute Gasteiger partial charge is 0.497 e. The molecule has 0 atom stereocenters. The molecule has 0 aliphatic heterocycles. The van der Waals surface area contributed by atoms with Crippen LogP contribution in [0.15, 0.2) is 32.8 Å². The summed E-state index contributed by atoms with van der Waals surface area (Å²) in [6, 6.07) is 5.14. The summed E-state index contributed by atoms with van der Waals surface area (Å²) in [5.41, 5.74) is 13.4. The number of nitrogens with one attached hydrogen (secondary N) is 1. The van der Waals surface area contributed by atoms with Gasteiger partial charge >= 0.3 is 0 Å². The number of amides is 1. The SMILES string of the molecule is COc1ccc(NC(=O)c2oc3c(c2C)/C(=N\N=C(N)N)CC(C)(C)C3)c(OC)c1. The Morgan fingerprint density at radius 1 is 1.20 bits per heavy atom. The number of nitrogens with two attached hydrogens (primary N) is 2. The van der Waals surface area contributed by atoms with Gasteiger partial charge in [-0.05, 0) is 30.9 Å². The molecule has 1 aliphatic rings. The molecule has 1 amide bonds. The van der Waals surface area contributed by atoms with Crippen LogP contribution in [0, 0.1) is 12.3 Å². The summed E-state index contributed by atoms with van der Waals surface area (Å²) in [5.74, 6) is 1.50. The van der Waals surface area contributed by atoms with Crippen LogP contribution in [0.3, 0.4) is 0 Å². The number of hydrogen-bond donors (Lipinski definition) is 3. The highest BCUT2D eigenvalue weighted by Gasteiger charge is 2.36. The van der Waals surface area contributed by atoms with E-state index in [9.17, 15) is 4.79 Å². The molecule has 0 spiro atoms. The quantitative estimate of drug-likeness (QED) is 0.391. The molecule has 9 heteroatoms. The molecule has 5 N–H and O–H groups in total. The van der Waals surface area contributed by atoms with Crippen LogP contribution < -0.4 is 26.3 Å². The number of furan rings is 1. The lowest BCUT2D eigenvalue weighted by Gasteiger charge is -2.29. The van der Waals surface area contributed by atoms with Gasteiger partial charge in [0, 0.05) is 23.6 Å². The second kappa shape index (κ2) is 8.10. The van der Waals surface area contributed by atoms with Crippen LogP contribution in [0.4, 0.5) is 5.69 Å². The molecule has 2 aromatic rings. The third kappa shape index (κ3) is 4.24. The second-order valence-electron chi connectivity index (χ2n) is 7.96. The molecule has 30 heavy (non-hydrogen) atoms. The fourth-order valence-corrected chi connectivity index (χ4v) is 3.62. The first kappa shape index (κ1) is 21.2. The van der Waals surface area contributed by atoms with E-state index in [1.165, 1.54) is 7.11 Å². The zero-order valence-corrected chi connectivity index (χ0v) is 17.8. The molecular weight excluding hydrogens is 386 g/mol. The van der Waals surface area contributed by atoms with Gasteiger partial charge in [0.25, 0.3) is 5.91 Å². The number of benzene rings is 1. The van der Waals surface area contributed by atoms with Gasteiger partial charge in [0.1, 0.15) is 17.3 Å². The van der Waals surface area contributed by atoms with Crippen molar-refractivity contribution in [3.05, 3.63) is 40.8 Å². The van der Waals surface area contributed by atoms with Crippen molar-refractivity contribution in [1.29, 1.82) is 0 Å². The summed E-state index contributed by atoms with van der Waals surface area (Å²) in [4.78, 5) is 13.0. The summed E-state index contributed by atoms with van der Waals surface area (Å²) >= 11 is 0. The monoisotopic (exact) mass is 413 g/mol. The molecule has 1 aromatic carbocycles. The predicted molar refractivity (Wildman–Crippen MR) is 115 cm³/mol. The Labute approximate surface area is 175 Å². The van der Waals surface area contributed by atoms with Crippen molar-refractivity contribution in [2.75, 3.05) is 19.5 Å². The number of anilines is 1. The van der Waals surface area contributed by atoms with Crippen molar-refractivity contribution >= 4 is 23.3 Å². The van der Waals surface area contributed by atoms with Crippen LogP contribution in [0.5, 0.6) is 11.5 Å². The van der Waals surface area contributed by atoms with E-state index >= 15 is 0 Å². The second-order valence-corrected chi connectivity index (χ2v) is 7.96. The fourth-order valence-electron chi connectivity index (χ4n) is 3.62. The average molecular weight is 413 g/mol. The molecule has 1 heterocycles. The van der Waals surface area contributed by atoms with Crippen molar-refractivity contribution in [2.45, 2.75) is 33.6 Å². The van der Waals surface area contributed by atoms with Crippen LogP contribution in [-0.2, 0) is 6.42 Å². The van der Waals surface area contributed by atoms with Crippen molar-refractivity contribution in [2.24, 2.45) is 27.1 Å². The number of hydrogen-bond acceptors (Lipinski definition) is 6. The van der Waals surface area contributed by atoms with Gasteiger partial charge in [-0.25, -0.2) is 0 Å². The summed E-state index contributed by atoms with van der Waals surface area (Å²) in [6.07, 6.45) is 1.33. The lowest BCUT2D eigenvalue weighted by molar-refractivity contribution is 0.0992. The number of methoxy groups -OCH3 is 2. The van der Waals surface area contributed by atoms with Crippen LogP contribution in [-0.4, -0.2) is 31.8 Å². The molecule has 1 aliphatic carbocycles. The Morgan fingerprint density at radius 2 is 1.93 bits per heavy atom. The number of fused-ring (bicyclic) bond motifs is 1. The lowest BCUT2D eigenvalue weighted by atomic mass is 9.75. The van der Waals surface area contributed by atoms with Gasteiger partial charge in [-0.15, -0.1) is 5.10 Å². The maximum Gasteiger partial charge on any atom is 0.291 e. The minimum atomic E-state index is -0.385. The number of ether oxygens (including phenoxy) is 2. The molecule has 9 nitrogen and oxygen atoms in total. The van der Waals surface area contributed by atoms with E-state index in [0.29, 0.717) is 47.1 Å². The zero-order chi connectivity index (χ0) is 22.1. The lowest BCUT2D eigenvalue weighted by Crippen LogP contribution is -2.27. The van der Waals surface area contributed by atoms with E-state index in [-0.39, 0.29) is 23.0 Å². The van der Waals surface area contributed by atoms with E-state index < -0.39 is 0 Å². The smallest absolute Gasteiger partial charge is 0.291 e. The third-order valence-electron chi connectivity index (χ3n) is 4.94. The maximum atomic E-state index is 13.0. The molecule has 3 rings (SSSR count). The van der Waals surface area contributed by atoms with Crippen molar-refractivity contribution in [3.8, 4) is 11.5 Å². The molecule has 0 fully saturated rings. The molecule has 0 unspecified atom stereocenters. The van der Waals surface area contributed by atoms with Crippen molar-refractivity contribution in [1.82, 2.24) is 0 Å². The van der Waals surface area contributed by atoms with Crippen LogP contribution in [0.25, 0.3) is 0 Å². The third-order valence-corrected chi connectivity index (χ3v) is 4.94. The highest BCUT2D eigenvalue weighted by Crippen LogP contribution is 2.39. The van der Waals surface area contributed by atoms with E-state index in [1.54, 1.807) is 25.3 Å². The summed E-state index contributed by atoms with van der Waals surface area (Å²) in [5, 5.41) is 10.9. The van der Waals surface area contributed by atoms with E-state index in [4.69, 9.17) is 25.4 Å². The van der Waals surface area contributed by atoms with Gasteiger partial charge in [-0.3, -0.25) is 4.79 Å². The van der Waals surface area contributed by atoms with Gasteiger partial charge in [-0.2, -0.15) is 5.10 Å². The zero-order valence-electron chi connectivity index (χ0n) is 17.8. The van der Waals surface area contributed by atoms with Crippen molar-refractivity contribution < 1.29 is 18.7 Å². The van der Waals surface area contributed by atoms with Gasteiger partial charge in [0.05, 0.1) is 25.6 Å². The Morgan fingerprint density at radius 3 is 2.57 bits per heavy atom. The molecule has 160 valence electrons. The molecule has 1 aromatic heterocycles. The van der Waals surface area contributed by atoms with Crippen LogP contribution >= 0.6 is 0 Å². The Kier molecular flexibility index (Phi) is 5.73. The molecular formula is C21H27N5O4. The molecule has 0 saturated heterocycles. The van der Waals surface area contributed by atoms with Crippen LogP contribution in [0.1, 0.15) is 47.7 Å². The number of carbonyl (C=O) groups is 1. The standard InChI is InChI=1S/C21H27N5O4/c1-11-17-14(25-26-20(22)23)9-21(2,3)10-16(17)30-18(11)19(27)24-13-7-6-12(28-4)8-15(13)29-5/h6-8H,9-10H2,1-5H3,(H,24,27)(H4,22,23,26)/b25-14-. The first-order chi connectivity index (χ1) is 14.1. The molecule has 0 bridgehead atoms. The first-order valence-corrected chi connectivity index (χ1v) is 9.46. The number of nitrogens with zero attached hydrogens (tertiary/aromatic N) is 2. The molecule has 0 radical (unpaired) electrons. The highest BCUT2D eigenvalue weighted by molar-refractivity contribution is 6.09. The van der Waals surface area contributed by atoms with E-state index in [2.05, 4.69) is 29.4 Å². The summed E-state index contributed by atoms with van der Waals surface area (Å²) in [7, 11) is 3.09. The average Bonchev–Trinajstić information content (AvgIpc) is 3.01. The van der Waals surface area contributed by atoms with Gasteiger partial charge in [-0.1, -0.05) is 13.8 Å². The minimum Gasteiger partial charge on any atom is -0.497 e. The minimum absolute atomic E-state index is 0.109. The Hall–Kier alpha value is -3.49. The van der Waals surface area contributed by atoms with Crippen LogP contribution in [0.2, 0.25) is 0 Å². The van der Waals surface area contributed by atoms with Gasteiger partial charge < -0.3 is 30.7 Å². The topological polar surface area (TPSA) is 137 Å². The Bertz CT molecular complexity index is 1030. The predicted octanol–water partition coefficient (Wildman–Crippen LogP) is 2.81. The summed E-state index contributed by atoms with van der Waals surface area (Å²) < 4.78 is 16.5. The van der Waals surface area contributed by atoms with Gasteiger partial charge in [0.15, 0.2) is 5.76 Å². The Balaban J connectivity index is 1.98. The normalized spacial score (nSPS) is 16.0. The number of guanidine groups is 1. The van der Waals surface area contributed by atoms with Gasteiger partial charge in [0.2, 0.25) is 5.96 Å². The van der Waals surface area contributed by atoms with Crippen molar-refractivity contribution in [3.63, 3.8) is 0 Å². The maximum absolute atomic E-state index is 13.0. The van der Waals surface area contributed by atoms with E-state index in [1.807, 2.05) is 6.92 Å².